The maximum atomic E-state index is 11.4. The zero-order valence-electron chi connectivity index (χ0n) is 15.3. The molecule has 1 atom stereocenters. The minimum absolute atomic E-state index is 0.0307. The number of nitrogens with zero attached hydrogens (tertiary/aromatic N) is 1. The quantitative estimate of drug-likeness (QED) is 0.602. The Labute approximate surface area is 158 Å². The van der Waals surface area contributed by atoms with Crippen LogP contribution in [0.3, 0.4) is 0 Å². The number of nitrogens with one attached hydrogen (secondary N) is 3. The van der Waals surface area contributed by atoms with Gasteiger partial charge >= 0.3 is 0 Å². The van der Waals surface area contributed by atoms with Gasteiger partial charge in [0.25, 0.3) is 0 Å². The van der Waals surface area contributed by atoms with Crippen molar-refractivity contribution in [1.82, 2.24) is 4.98 Å². The van der Waals surface area contributed by atoms with Crippen molar-refractivity contribution >= 4 is 40.2 Å². The number of pyridine rings is 1. The maximum Gasteiger partial charge on any atom is 0.226 e. The summed E-state index contributed by atoms with van der Waals surface area (Å²) in [6, 6.07) is 15.5. The highest BCUT2D eigenvalue weighted by Crippen LogP contribution is 2.28. The van der Waals surface area contributed by atoms with Gasteiger partial charge in [0.05, 0.1) is 11.4 Å². The molecule has 0 saturated carbocycles. The lowest BCUT2D eigenvalue weighted by Gasteiger charge is -2.13. The number of amides is 1. The molecular weight excluding hydrogens is 340 g/mol. The number of fused-ring (bicyclic) bond motifs is 2. The Morgan fingerprint density at radius 2 is 1.96 bits per heavy atom. The highest BCUT2D eigenvalue weighted by molar-refractivity contribution is 6.00. The van der Waals surface area contributed by atoms with Gasteiger partial charge in [-0.05, 0) is 30.5 Å². The number of anilines is 3. The molecule has 1 aromatic heterocycles. The van der Waals surface area contributed by atoms with E-state index in [1.807, 2.05) is 38.4 Å². The standard InChI is InChI=1S/C11H12N2O2.C10H10N2/c1-7-5-10(15)13-9-4-2-3-8(6-14)11(9)12-7;1-11-10-9-5-3-2-4-8(9)6-7-12-10/h2-4,6-7,12H,5H2,1H3,(H,13,15);2-7H,1H3,(H,11,12). The summed E-state index contributed by atoms with van der Waals surface area (Å²) >= 11 is 0. The molecule has 6 nitrogen and oxygen atoms in total. The molecule has 0 aliphatic carbocycles. The number of carbonyl (C=O) groups excluding carboxylic acids is 2. The van der Waals surface area contributed by atoms with Gasteiger partial charge in [-0.3, -0.25) is 9.59 Å². The van der Waals surface area contributed by atoms with E-state index in [4.69, 9.17) is 0 Å². The second-order valence-electron chi connectivity index (χ2n) is 6.32. The molecule has 3 N–H and O–H groups in total. The third-order valence-corrected chi connectivity index (χ3v) is 4.29. The Bertz CT molecular complexity index is 966. The fourth-order valence-electron chi connectivity index (χ4n) is 3.03. The van der Waals surface area contributed by atoms with E-state index in [0.29, 0.717) is 23.4 Å². The van der Waals surface area contributed by atoms with Crippen LogP contribution < -0.4 is 16.0 Å². The Kier molecular flexibility index (Phi) is 5.66. The van der Waals surface area contributed by atoms with E-state index in [1.165, 1.54) is 10.8 Å². The summed E-state index contributed by atoms with van der Waals surface area (Å²) in [5.74, 6) is 0.907. The molecule has 4 rings (SSSR count). The van der Waals surface area contributed by atoms with Crippen LogP contribution in [0.4, 0.5) is 17.2 Å². The number of para-hydroxylation sites is 1. The van der Waals surface area contributed by atoms with Crippen molar-refractivity contribution < 1.29 is 9.59 Å². The zero-order chi connectivity index (χ0) is 19.2. The lowest BCUT2D eigenvalue weighted by molar-refractivity contribution is -0.116. The molecule has 6 heteroatoms. The van der Waals surface area contributed by atoms with Gasteiger partial charge in [-0.15, -0.1) is 0 Å². The van der Waals surface area contributed by atoms with Crippen LogP contribution in [-0.4, -0.2) is 30.3 Å². The smallest absolute Gasteiger partial charge is 0.226 e. The molecule has 27 heavy (non-hydrogen) atoms. The molecule has 0 spiro atoms. The van der Waals surface area contributed by atoms with E-state index in [0.717, 1.165) is 12.1 Å². The summed E-state index contributed by atoms with van der Waals surface area (Å²) < 4.78 is 0. The molecular formula is C21H22N4O2. The second kappa shape index (κ2) is 8.31. The van der Waals surface area contributed by atoms with Crippen molar-refractivity contribution in [1.29, 1.82) is 0 Å². The van der Waals surface area contributed by atoms with E-state index in [9.17, 15) is 9.59 Å². The molecule has 1 aliphatic rings. The molecule has 0 saturated heterocycles. The molecule has 0 radical (unpaired) electrons. The number of aromatic nitrogens is 1. The number of rotatable bonds is 2. The SMILES string of the molecule is CC1CC(=O)Nc2cccc(C=O)c2N1.CNc1nccc2ccccc12. The minimum Gasteiger partial charge on any atom is -0.380 e. The van der Waals surface area contributed by atoms with Gasteiger partial charge in [-0.2, -0.15) is 0 Å². The van der Waals surface area contributed by atoms with Crippen LogP contribution in [-0.2, 0) is 4.79 Å². The lowest BCUT2D eigenvalue weighted by Crippen LogP contribution is -2.19. The molecule has 2 heterocycles. The Morgan fingerprint density at radius 1 is 1.15 bits per heavy atom. The monoisotopic (exact) mass is 362 g/mol. The van der Waals surface area contributed by atoms with Crippen LogP contribution in [0.2, 0.25) is 0 Å². The van der Waals surface area contributed by atoms with Crippen LogP contribution in [0.15, 0.2) is 54.7 Å². The summed E-state index contributed by atoms with van der Waals surface area (Å²) in [5.41, 5.74) is 1.96. The summed E-state index contributed by atoms with van der Waals surface area (Å²) in [7, 11) is 1.88. The molecule has 2 aromatic carbocycles. The van der Waals surface area contributed by atoms with E-state index < -0.39 is 0 Å². The first-order chi connectivity index (χ1) is 13.1. The molecule has 0 fully saturated rings. The van der Waals surface area contributed by atoms with Crippen molar-refractivity contribution in [2.45, 2.75) is 19.4 Å². The normalized spacial score (nSPS) is 15.3. The fraction of sp³-hybridized carbons (Fsp3) is 0.190. The van der Waals surface area contributed by atoms with Gasteiger partial charge in [-0.25, -0.2) is 4.98 Å². The summed E-state index contributed by atoms with van der Waals surface area (Å²) in [6.45, 7) is 1.91. The lowest BCUT2D eigenvalue weighted by atomic mass is 10.1. The van der Waals surface area contributed by atoms with Crippen LogP contribution >= 0.6 is 0 Å². The van der Waals surface area contributed by atoms with Gasteiger partial charge in [0.2, 0.25) is 5.91 Å². The summed E-state index contributed by atoms with van der Waals surface area (Å²) in [6.07, 6.45) is 3.01. The molecule has 3 aromatic rings. The molecule has 1 unspecified atom stereocenters. The first-order valence-electron chi connectivity index (χ1n) is 8.78. The average molecular weight is 362 g/mol. The largest absolute Gasteiger partial charge is 0.380 e. The summed E-state index contributed by atoms with van der Waals surface area (Å²) in [5, 5.41) is 11.4. The third-order valence-electron chi connectivity index (χ3n) is 4.29. The number of hydrogen-bond acceptors (Lipinski definition) is 5. The second-order valence-corrected chi connectivity index (χ2v) is 6.32. The molecule has 1 amide bonds. The summed E-state index contributed by atoms with van der Waals surface area (Å²) in [4.78, 5) is 26.5. The Balaban J connectivity index is 0.000000159. The van der Waals surface area contributed by atoms with Gasteiger partial charge in [0, 0.05) is 36.7 Å². The number of benzene rings is 2. The minimum atomic E-state index is -0.0307. The van der Waals surface area contributed by atoms with Crippen LogP contribution in [0.5, 0.6) is 0 Å². The van der Waals surface area contributed by atoms with Crippen molar-refractivity contribution in [3.63, 3.8) is 0 Å². The highest BCUT2D eigenvalue weighted by Gasteiger charge is 2.19. The number of aldehydes is 1. The van der Waals surface area contributed by atoms with Gasteiger partial charge < -0.3 is 16.0 Å². The van der Waals surface area contributed by atoms with E-state index >= 15 is 0 Å². The maximum absolute atomic E-state index is 11.4. The van der Waals surface area contributed by atoms with Gasteiger partial charge in [-0.1, -0.05) is 30.3 Å². The third kappa shape index (κ3) is 4.23. The predicted molar refractivity (Wildman–Crippen MR) is 109 cm³/mol. The number of carbonyl (C=O) groups is 2. The fourth-order valence-corrected chi connectivity index (χ4v) is 3.03. The van der Waals surface area contributed by atoms with Crippen LogP contribution in [0.1, 0.15) is 23.7 Å². The average Bonchev–Trinajstić information content (AvgIpc) is 2.84. The Hall–Kier alpha value is -3.41. The van der Waals surface area contributed by atoms with E-state index in [1.54, 1.807) is 18.2 Å². The van der Waals surface area contributed by atoms with Crippen LogP contribution in [0, 0.1) is 0 Å². The van der Waals surface area contributed by atoms with E-state index in [2.05, 4.69) is 33.1 Å². The first-order valence-corrected chi connectivity index (χ1v) is 8.78. The van der Waals surface area contributed by atoms with Crippen molar-refractivity contribution in [2.75, 3.05) is 23.0 Å². The zero-order valence-corrected chi connectivity index (χ0v) is 15.3. The Morgan fingerprint density at radius 3 is 2.74 bits per heavy atom. The first kappa shape index (κ1) is 18.4. The highest BCUT2D eigenvalue weighted by atomic mass is 16.1. The molecule has 0 bridgehead atoms. The number of hydrogen-bond donors (Lipinski definition) is 3. The van der Waals surface area contributed by atoms with Gasteiger partial charge in [0.15, 0.2) is 6.29 Å². The topological polar surface area (TPSA) is 83.1 Å². The molecule has 1 aliphatic heterocycles. The van der Waals surface area contributed by atoms with Crippen LogP contribution in [0.25, 0.3) is 10.8 Å². The van der Waals surface area contributed by atoms with Crippen molar-refractivity contribution in [3.05, 3.63) is 60.3 Å². The van der Waals surface area contributed by atoms with Gasteiger partial charge in [0.1, 0.15) is 5.82 Å². The predicted octanol–water partition coefficient (Wildman–Crippen LogP) is 3.92. The van der Waals surface area contributed by atoms with Crippen molar-refractivity contribution in [3.8, 4) is 0 Å². The van der Waals surface area contributed by atoms with E-state index in [-0.39, 0.29) is 11.9 Å². The molecule has 138 valence electrons. The van der Waals surface area contributed by atoms with Crippen molar-refractivity contribution in [2.24, 2.45) is 0 Å².